The predicted octanol–water partition coefficient (Wildman–Crippen LogP) is 3.31. The normalized spacial score (nSPS) is 17.1. The van der Waals surface area contributed by atoms with Gasteiger partial charge in [-0.15, -0.1) is 0 Å². The van der Waals surface area contributed by atoms with E-state index in [1.54, 1.807) is 17.0 Å². The van der Waals surface area contributed by atoms with Crippen LogP contribution in [0.2, 0.25) is 0 Å². The maximum Gasteiger partial charge on any atom is 0.305 e. The molecule has 0 bridgehead atoms. The van der Waals surface area contributed by atoms with Crippen LogP contribution >= 0.6 is 0 Å². The van der Waals surface area contributed by atoms with Crippen LogP contribution < -0.4 is 0 Å². The fraction of sp³-hybridized carbons (Fsp3) is 0.368. The van der Waals surface area contributed by atoms with E-state index in [4.69, 9.17) is 5.11 Å². The Morgan fingerprint density at radius 2 is 1.92 bits per heavy atom. The zero-order valence-corrected chi connectivity index (χ0v) is 14.3. The summed E-state index contributed by atoms with van der Waals surface area (Å²) < 4.78 is 15.1. The molecule has 1 aromatic heterocycles. The third-order valence-electron chi connectivity index (χ3n) is 4.79. The van der Waals surface area contributed by atoms with Gasteiger partial charge in [-0.2, -0.15) is 0 Å². The summed E-state index contributed by atoms with van der Waals surface area (Å²) in [6.45, 7) is 4.33. The van der Waals surface area contributed by atoms with Crippen molar-refractivity contribution >= 4 is 11.9 Å². The number of carboxylic acids is 1. The minimum absolute atomic E-state index is 0.0254. The summed E-state index contributed by atoms with van der Waals surface area (Å²) in [4.78, 5) is 25.7. The number of rotatable bonds is 4. The molecule has 0 spiro atoms. The predicted molar refractivity (Wildman–Crippen MR) is 91.5 cm³/mol. The highest BCUT2D eigenvalue weighted by Crippen LogP contribution is 2.27. The average molecular weight is 344 g/mol. The van der Waals surface area contributed by atoms with Gasteiger partial charge < -0.3 is 14.6 Å². The molecule has 1 aromatic carbocycles. The van der Waals surface area contributed by atoms with Crippen LogP contribution in [0.1, 0.15) is 41.0 Å². The van der Waals surface area contributed by atoms with Crippen molar-refractivity contribution in [3.05, 3.63) is 53.1 Å². The van der Waals surface area contributed by atoms with E-state index in [-0.39, 0.29) is 24.2 Å². The second-order valence-electron chi connectivity index (χ2n) is 6.49. The molecular formula is C19H21FN2O3. The average Bonchev–Trinajstić information content (AvgIpc) is 3.12. The first kappa shape index (κ1) is 17.2. The van der Waals surface area contributed by atoms with Crippen LogP contribution in [-0.4, -0.2) is 39.0 Å². The maximum absolute atomic E-state index is 13.2. The standard InChI is InChI=1S/C19H21FN2O3/c1-12-10-17(13(2)22(12)15-7-5-14(20)6-8-15)19(25)21-9-3-4-16(21)11-18(23)24/h5-8,10,16H,3-4,9,11H2,1-2H3,(H,23,24). The number of nitrogens with zero attached hydrogens (tertiary/aromatic N) is 2. The molecule has 132 valence electrons. The van der Waals surface area contributed by atoms with Crippen molar-refractivity contribution in [3.8, 4) is 5.69 Å². The van der Waals surface area contributed by atoms with Crippen LogP contribution in [0.15, 0.2) is 30.3 Å². The van der Waals surface area contributed by atoms with Crippen LogP contribution in [0.25, 0.3) is 5.69 Å². The fourth-order valence-corrected chi connectivity index (χ4v) is 3.64. The molecule has 0 radical (unpaired) electrons. The van der Waals surface area contributed by atoms with Crippen molar-refractivity contribution in [1.82, 2.24) is 9.47 Å². The van der Waals surface area contributed by atoms with Gasteiger partial charge in [-0.05, 0) is 57.0 Å². The van der Waals surface area contributed by atoms with E-state index in [1.165, 1.54) is 12.1 Å². The van der Waals surface area contributed by atoms with Gasteiger partial charge in [0, 0.05) is 29.7 Å². The number of hydrogen-bond donors (Lipinski definition) is 1. The van der Waals surface area contributed by atoms with Crippen molar-refractivity contribution in [3.63, 3.8) is 0 Å². The number of halogens is 1. The van der Waals surface area contributed by atoms with Gasteiger partial charge in [0.05, 0.1) is 12.0 Å². The largest absolute Gasteiger partial charge is 0.481 e. The number of carbonyl (C=O) groups excluding carboxylic acids is 1. The minimum atomic E-state index is -0.888. The first-order valence-electron chi connectivity index (χ1n) is 8.36. The number of hydrogen-bond acceptors (Lipinski definition) is 2. The third kappa shape index (κ3) is 3.29. The number of aryl methyl sites for hydroxylation is 1. The second kappa shape index (κ2) is 6.70. The molecule has 1 atom stereocenters. The molecule has 1 aliphatic rings. The van der Waals surface area contributed by atoms with Gasteiger partial charge >= 0.3 is 5.97 Å². The highest BCUT2D eigenvalue weighted by molar-refractivity contribution is 5.96. The molecule has 1 amide bonds. The quantitative estimate of drug-likeness (QED) is 0.925. The molecule has 0 aliphatic carbocycles. The molecule has 25 heavy (non-hydrogen) atoms. The van der Waals surface area contributed by atoms with E-state index in [2.05, 4.69) is 0 Å². The van der Waals surface area contributed by atoms with Gasteiger partial charge in [0.15, 0.2) is 0 Å². The van der Waals surface area contributed by atoms with Crippen LogP contribution in [0.5, 0.6) is 0 Å². The lowest BCUT2D eigenvalue weighted by Gasteiger charge is -2.23. The Bertz CT molecular complexity index is 811. The van der Waals surface area contributed by atoms with Gasteiger partial charge in [-0.3, -0.25) is 9.59 Å². The summed E-state index contributed by atoms with van der Waals surface area (Å²) in [5.41, 5.74) is 3.01. The van der Waals surface area contributed by atoms with Crippen LogP contribution in [0, 0.1) is 19.7 Å². The molecular weight excluding hydrogens is 323 g/mol. The molecule has 1 unspecified atom stereocenters. The van der Waals surface area contributed by atoms with E-state index in [0.717, 1.165) is 29.9 Å². The summed E-state index contributed by atoms with van der Waals surface area (Å²) in [7, 11) is 0. The van der Waals surface area contributed by atoms with Crippen molar-refractivity contribution in [2.24, 2.45) is 0 Å². The Balaban J connectivity index is 1.93. The van der Waals surface area contributed by atoms with E-state index >= 15 is 0 Å². The molecule has 0 saturated carbocycles. The summed E-state index contributed by atoms with van der Waals surface area (Å²) >= 11 is 0. The molecule has 2 aromatic rings. The number of carboxylic acid groups (broad SMARTS) is 1. The molecule has 5 nitrogen and oxygen atoms in total. The lowest BCUT2D eigenvalue weighted by Crippen LogP contribution is -2.37. The van der Waals surface area contributed by atoms with Crippen molar-refractivity contribution in [1.29, 1.82) is 0 Å². The molecule has 3 rings (SSSR count). The van der Waals surface area contributed by atoms with Crippen LogP contribution in [0.3, 0.4) is 0 Å². The number of benzene rings is 1. The highest BCUT2D eigenvalue weighted by Gasteiger charge is 2.32. The van der Waals surface area contributed by atoms with Crippen LogP contribution in [-0.2, 0) is 4.79 Å². The first-order valence-corrected chi connectivity index (χ1v) is 8.36. The van der Waals surface area contributed by atoms with E-state index < -0.39 is 5.97 Å². The van der Waals surface area contributed by atoms with Gasteiger partial charge in [0.2, 0.25) is 0 Å². The zero-order valence-electron chi connectivity index (χ0n) is 14.3. The smallest absolute Gasteiger partial charge is 0.305 e. The third-order valence-corrected chi connectivity index (χ3v) is 4.79. The van der Waals surface area contributed by atoms with Gasteiger partial charge in [0.1, 0.15) is 5.82 Å². The molecule has 1 fully saturated rings. The van der Waals surface area contributed by atoms with Crippen molar-refractivity contribution in [2.45, 2.75) is 39.2 Å². The Hall–Kier alpha value is -2.63. The second-order valence-corrected chi connectivity index (χ2v) is 6.49. The number of aromatic nitrogens is 1. The monoisotopic (exact) mass is 344 g/mol. The van der Waals surface area contributed by atoms with Gasteiger partial charge in [-0.1, -0.05) is 0 Å². The minimum Gasteiger partial charge on any atom is -0.481 e. The Kier molecular flexibility index (Phi) is 4.61. The fourth-order valence-electron chi connectivity index (χ4n) is 3.64. The van der Waals surface area contributed by atoms with E-state index in [1.807, 2.05) is 24.5 Å². The number of likely N-dealkylation sites (tertiary alicyclic amines) is 1. The number of aliphatic carboxylic acids is 1. The zero-order chi connectivity index (χ0) is 18.1. The Labute approximate surface area is 145 Å². The molecule has 1 aliphatic heterocycles. The molecule has 1 saturated heterocycles. The summed E-state index contributed by atoms with van der Waals surface area (Å²) in [5, 5.41) is 9.05. The summed E-state index contributed by atoms with van der Waals surface area (Å²) in [6.07, 6.45) is 1.51. The Morgan fingerprint density at radius 3 is 2.56 bits per heavy atom. The first-order chi connectivity index (χ1) is 11.9. The number of carbonyl (C=O) groups is 2. The number of amides is 1. The van der Waals surface area contributed by atoms with Gasteiger partial charge in [-0.25, -0.2) is 4.39 Å². The van der Waals surface area contributed by atoms with Crippen molar-refractivity contribution in [2.75, 3.05) is 6.54 Å². The molecule has 2 heterocycles. The maximum atomic E-state index is 13.2. The van der Waals surface area contributed by atoms with Crippen molar-refractivity contribution < 1.29 is 19.1 Å². The van der Waals surface area contributed by atoms with E-state index in [0.29, 0.717) is 12.1 Å². The lowest BCUT2D eigenvalue weighted by atomic mass is 10.1. The SMILES string of the molecule is Cc1cc(C(=O)N2CCCC2CC(=O)O)c(C)n1-c1ccc(F)cc1. The molecule has 1 N–H and O–H groups in total. The summed E-state index contributed by atoms with van der Waals surface area (Å²) in [6, 6.07) is 7.69. The topological polar surface area (TPSA) is 62.5 Å². The van der Waals surface area contributed by atoms with E-state index in [9.17, 15) is 14.0 Å². The lowest BCUT2D eigenvalue weighted by molar-refractivity contribution is -0.137. The molecule has 6 heteroatoms. The van der Waals surface area contributed by atoms with Gasteiger partial charge in [0.25, 0.3) is 5.91 Å². The summed E-state index contributed by atoms with van der Waals surface area (Å²) in [5.74, 6) is -1.33. The van der Waals surface area contributed by atoms with Crippen LogP contribution in [0.4, 0.5) is 4.39 Å². The Morgan fingerprint density at radius 1 is 1.24 bits per heavy atom. The highest BCUT2D eigenvalue weighted by atomic mass is 19.1.